The van der Waals surface area contributed by atoms with Crippen molar-refractivity contribution in [1.29, 1.82) is 0 Å². The van der Waals surface area contributed by atoms with Gasteiger partial charge >= 0.3 is 6.36 Å². The number of ether oxygens (including phenoxy) is 1. The summed E-state index contributed by atoms with van der Waals surface area (Å²) in [5, 5.41) is 2.84. The van der Waals surface area contributed by atoms with Gasteiger partial charge in [-0.2, -0.15) is 0 Å². The lowest BCUT2D eigenvalue weighted by Gasteiger charge is -2.26. The lowest BCUT2D eigenvalue weighted by Crippen LogP contribution is -2.32. The zero-order valence-corrected chi connectivity index (χ0v) is 16.5. The van der Waals surface area contributed by atoms with Crippen LogP contribution in [0.4, 0.5) is 18.9 Å². The molecule has 5 nitrogen and oxygen atoms in total. The summed E-state index contributed by atoms with van der Waals surface area (Å²) in [7, 11) is 3.97. The summed E-state index contributed by atoms with van der Waals surface area (Å²) < 4.78 is 40.0. The van der Waals surface area contributed by atoms with E-state index in [1.54, 1.807) is 0 Å². The Labute approximate surface area is 157 Å². The van der Waals surface area contributed by atoms with Crippen molar-refractivity contribution in [1.82, 2.24) is 4.90 Å². The molecule has 0 aromatic heterocycles. The van der Waals surface area contributed by atoms with Crippen LogP contribution >= 0.6 is 24.0 Å². The van der Waals surface area contributed by atoms with E-state index < -0.39 is 6.36 Å². The molecule has 1 aromatic carbocycles. The largest absolute Gasteiger partial charge is 0.573 e. The summed E-state index contributed by atoms with van der Waals surface area (Å²) in [6.07, 6.45) is -4.70. The van der Waals surface area contributed by atoms with Crippen LogP contribution in [0.3, 0.4) is 0 Å². The van der Waals surface area contributed by atoms with E-state index in [9.17, 15) is 13.2 Å². The summed E-state index contributed by atoms with van der Waals surface area (Å²) in [4.78, 5) is 6.34. The van der Waals surface area contributed by atoms with Crippen LogP contribution in [0.15, 0.2) is 29.3 Å². The van der Waals surface area contributed by atoms with E-state index in [0.29, 0.717) is 12.2 Å². The van der Waals surface area contributed by atoms with E-state index in [1.165, 1.54) is 24.3 Å². The maximum Gasteiger partial charge on any atom is 0.573 e. The zero-order valence-electron chi connectivity index (χ0n) is 14.1. The highest BCUT2D eigenvalue weighted by molar-refractivity contribution is 14.0. The first-order valence-electron chi connectivity index (χ1n) is 7.04. The minimum Gasteiger partial charge on any atom is -0.406 e. The number of hydrogen-bond acceptors (Lipinski definition) is 3. The number of rotatable bonds is 6. The van der Waals surface area contributed by atoms with Crippen molar-refractivity contribution in [3.8, 4) is 5.75 Å². The Morgan fingerprint density at radius 1 is 1.21 bits per heavy atom. The van der Waals surface area contributed by atoms with Crippen molar-refractivity contribution in [3.63, 3.8) is 0 Å². The van der Waals surface area contributed by atoms with Crippen LogP contribution < -0.4 is 15.8 Å². The molecule has 0 saturated heterocycles. The van der Waals surface area contributed by atoms with E-state index in [2.05, 4.69) is 33.8 Å². The predicted molar refractivity (Wildman–Crippen MR) is 101 cm³/mol. The molecule has 0 bridgehead atoms. The van der Waals surface area contributed by atoms with E-state index in [0.717, 1.165) is 6.54 Å². The van der Waals surface area contributed by atoms with Crippen LogP contribution in [0.25, 0.3) is 0 Å². The molecule has 0 amide bonds. The molecule has 1 rings (SSSR count). The van der Waals surface area contributed by atoms with Crippen molar-refractivity contribution in [2.75, 3.05) is 32.5 Å². The molecule has 0 radical (unpaired) electrons. The third-order valence-corrected chi connectivity index (χ3v) is 2.78. The molecule has 0 saturated carbocycles. The molecular weight excluding hydrogens is 436 g/mol. The minimum atomic E-state index is -4.70. The topological polar surface area (TPSA) is 62.9 Å². The van der Waals surface area contributed by atoms with E-state index in [1.807, 2.05) is 14.1 Å². The van der Waals surface area contributed by atoms with Gasteiger partial charge < -0.3 is 20.7 Å². The van der Waals surface area contributed by atoms with Gasteiger partial charge in [-0.05, 0) is 43.8 Å². The lowest BCUT2D eigenvalue weighted by molar-refractivity contribution is -0.274. The monoisotopic (exact) mass is 460 g/mol. The smallest absolute Gasteiger partial charge is 0.406 e. The van der Waals surface area contributed by atoms with Crippen LogP contribution in [0, 0.1) is 5.41 Å². The van der Waals surface area contributed by atoms with Gasteiger partial charge in [-0.25, -0.2) is 0 Å². The van der Waals surface area contributed by atoms with Gasteiger partial charge in [0.2, 0.25) is 0 Å². The van der Waals surface area contributed by atoms with Crippen molar-refractivity contribution in [2.45, 2.75) is 20.2 Å². The average Bonchev–Trinajstić information content (AvgIpc) is 2.36. The van der Waals surface area contributed by atoms with Gasteiger partial charge in [0, 0.05) is 18.8 Å². The second-order valence-corrected chi connectivity index (χ2v) is 6.30. The van der Waals surface area contributed by atoms with Crippen molar-refractivity contribution in [3.05, 3.63) is 24.3 Å². The van der Waals surface area contributed by atoms with Crippen LogP contribution in [0.1, 0.15) is 13.8 Å². The van der Waals surface area contributed by atoms with Crippen LogP contribution in [-0.2, 0) is 0 Å². The third kappa shape index (κ3) is 9.81. The predicted octanol–water partition coefficient (Wildman–Crippen LogP) is 3.52. The van der Waals surface area contributed by atoms with Gasteiger partial charge in [0.05, 0.1) is 0 Å². The molecule has 0 heterocycles. The molecule has 1 aromatic rings. The average molecular weight is 460 g/mol. The summed E-state index contributed by atoms with van der Waals surface area (Å²) in [5.74, 6) is -0.0769. The van der Waals surface area contributed by atoms with Crippen molar-refractivity contribution >= 4 is 35.6 Å². The Morgan fingerprint density at radius 3 is 2.21 bits per heavy atom. The number of guanidine groups is 1. The molecule has 0 aliphatic heterocycles. The Hall–Kier alpha value is -1.23. The number of alkyl halides is 3. The molecule has 0 atom stereocenters. The number of nitrogens with zero attached hydrogens (tertiary/aromatic N) is 2. The van der Waals surface area contributed by atoms with Gasteiger partial charge in [0.15, 0.2) is 5.96 Å². The molecule has 138 valence electrons. The van der Waals surface area contributed by atoms with Gasteiger partial charge in [0.1, 0.15) is 5.75 Å². The molecule has 0 spiro atoms. The van der Waals surface area contributed by atoms with Crippen LogP contribution in [0.5, 0.6) is 5.75 Å². The van der Waals surface area contributed by atoms with Gasteiger partial charge in [0.25, 0.3) is 0 Å². The first-order valence-corrected chi connectivity index (χ1v) is 7.04. The quantitative estimate of drug-likeness (QED) is 0.388. The van der Waals surface area contributed by atoms with Gasteiger partial charge in [-0.3, -0.25) is 4.99 Å². The standard InChI is InChI=1S/C15H23F3N4O.HI/c1-14(2,10-22(3)4)9-20-13(19)21-11-5-7-12(8-6-11)23-15(16,17)18;/h5-8H,9-10H2,1-4H3,(H3,19,20,21);1H. The Bertz CT molecular complexity index is 531. The lowest BCUT2D eigenvalue weighted by atomic mass is 9.93. The maximum absolute atomic E-state index is 12.1. The van der Waals surface area contributed by atoms with Crippen LogP contribution in [0.2, 0.25) is 0 Å². The van der Waals surface area contributed by atoms with Crippen molar-refractivity contribution < 1.29 is 17.9 Å². The second kappa shape index (κ2) is 9.30. The SMILES string of the molecule is CN(C)CC(C)(C)CN=C(N)Nc1ccc(OC(F)(F)F)cc1.I. The molecule has 0 aliphatic carbocycles. The van der Waals surface area contributed by atoms with Crippen LogP contribution in [-0.4, -0.2) is 44.4 Å². The summed E-state index contributed by atoms with van der Waals surface area (Å²) in [6, 6.07) is 5.29. The number of aliphatic imine (C=N–C) groups is 1. The molecule has 3 N–H and O–H groups in total. The fourth-order valence-electron chi connectivity index (χ4n) is 2.13. The first kappa shape index (κ1) is 22.8. The van der Waals surface area contributed by atoms with Gasteiger partial charge in [-0.1, -0.05) is 13.8 Å². The Morgan fingerprint density at radius 2 is 1.75 bits per heavy atom. The number of anilines is 1. The molecule has 9 heteroatoms. The first-order chi connectivity index (χ1) is 10.5. The zero-order chi connectivity index (χ0) is 17.7. The van der Waals surface area contributed by atoms with E-state index in [4.69, 9.17) is 5.73 Å². The highest BCUT2D eigenvalue weighted by atomic mass is 127. The molecule has 0 aliphatic rings. The molecule has 0 fully saturated rings. The van der Waals surface area contributed by atoms with E-state index in [-0.39, 0.29) is 41.1 Å². The molecular formula is C15H24F3IN4O. The molecule has 0 unspecified atom stereocenters. The van der Waals surface area contributed by atoms with Gasteiger partial charge in [-0.15, -0.1) is 37.1 Å². The maximum atomic E-state index is 12.1. The summed E-state index contributed by atoms with van der Waals surface area (Å²) >= 11 is 0. The fourth-order valence-corrected chi connectivity index (χ4v) is 2.13. The Kier molecular flexibility index (Phi) is 8.83. The highest BCUT2D eigenvalue weighted by Gasteiger charge is 2.30. The van der Waals surface area contributed by atoms with Crippen molar-refractivity contribution in [2.24, 2.45) is 16.1 Å². The number of hydrogen-bond donors (Lipinski definition) is 2. The number of nitrogens with two attached hydrogens (primary N) is 1. The summed E-state index contributed by atoms with van der Waals surface area (Å²) in [5.41, 5.74) is 6.29. The third-order valence-electron chi connectivity index (χ3n) is 2.78. The second-order valence-electron chi connectivity index (χ2n) is 6.30. The fraction of sp³-hybridized carbons (Fsp3) is 0.533. The molecule has 24 heavy (non-hydrogen) atoms. The number of nitrogens with one attached hydrogen (secondary N) is 1. The normalized spacial score (nSPS) is 12.8. The summed E-state index contributed by atoms with van der Waals surface area (Å²) in [6.45, 7) is 5.53. The number of benzene rings is 1. The number of halogens is 4. The minimum absolute atomic E-state index is 0. The Balaban J connectivity index is 0.00000529. The highest BCUT2D eigenvalue weighted by Crippen LogP contribution is 2.24. The van der Waals surface area contributed by atoms with E-state index >= 15 is 0 Å².